The lowest BCUT2D eigenvalue weighted by Crippen LogP contribution is -2.58. The highest BCUT2D eigenvalue weighted by Crippen LogP contribution is 2.42. The van der Waals surface area contributed by atoms with E-state index in [4.69, 9.17) is 0 Å². The quantitative estimate of drug-likeness (QED) is 0.377. The van der Waals surface area contributed by atoms with E-state index in [0.717, 1.165) is 16.8 Å². The van der Waals surface area contributed by atoms with Gasteiger partial charge in [0.25, 0.3) is 5.91 Å². The molecule has 3 aromatic rings. The molecule has 5 rings (SSSR count). The first-order chi connectivity index (χ1) is 19.3. The van der Waals surface area contributed by atoms with Gasteiger partial charge in [-0.05, 0) is 55.2 Å². The summed E-state index contributed by atoms with van der Waals surface area (Å²) in [5, 5.41) is 3.10. The van der Waals surface area contributed by atoms with Crippen LogP contribution < -0.4 is 10.2 Å². The zero-order valence-electron chi connectivity index (χ0n) is 22.0. The van der Waals surface area contributed by atoms with Crippen molar-refractivity contribution in [3.05, 3.63) is 101 Å². The third kappa shape index (κ3) is 5.49. The Labute approximate surface area is 232 Å². The number of anilines is 1. The number of carbonyl (C=O) groups is 2. The fourth-order valence-corrected chi connectivity index (χ4v) is 5.78. The van der Waals surface area contributed by atoms with E-state index in [0.29, 0.717) is 18.6 Å². The van der Waals surface area contributed by atoms with Gasteiger partial charge in [0, 0.05) is 30.8 Å². The van der Waals surface area contributed by atoms with Crippen molar-refractivity contribution < 1.29 is 35.9 Å². The van der Waals surface area contributed by atoms with E-state index in [-0.39, 0.29) is 37.9 Å². The van der Waals surface area contributed by atoms with Gasteiger partial charge in [0.2, 0.25) is 5.91 Å². The number of benzene rings is 3. The number of halogens is 6. The molecule has 1 unspecified atom stereocenters. The van der Waals surface area contributed by atoms with E-state index in [1.807, 2.05) is 66.4 Å². The highest BCUT2D eigenvalue weighted by Gasteiger charge is 2.55. The molecule has 2 aliphatic heterocycles. The van der Waals surface area contributed by atoms with Crippen LogP contribution in [0.15, 0.2) is 72.8 Å². The summed E-state index contributed by atoms with van der Waals surface area (Å²) in [6.07, 6.45) is -9.72. The number of hydrogen-bond acceptors (Lipinski definition) is 3. The molecule has 2 saturated heterocycles. The topological polar surface area (TPSA) is 52.7 Å². The monoisotopic (exact) mass is 575 g/mol. The first-order valence-corrected chi connectivity index (χ1v) is 13.1. The average molecular weight is 576 g/mol. The van der Waals surface area contributed by atoms with E-state index in [9.17, 15) is 35.9 Å². The van der Waals surface area contributed by atoms with E-state index < -0.39 is 46.7 Å². The highest BCUT2D eigenvalue weighted by molar-refractivity contribution is 5.97. The number of nitrogens with zero attached hydrogens (tertiary/aromatic N) is 2. The van der Waals surface area contributed by atoms with Gasteiger partial charge in [0.15, 0.2) is 0 Å². The van der Waals surface area contributed by atoms with Gasteiger partial charge in [0.05, 0.1) is 11.1 Å². The number of rotatable bonds is 4. The SMILES string of the molecule is Cc1ccccc1N1C(Cc2ccccc2)NC(=O)C12CCN(C(=O)c1cc(C(F)(F)F)cc(C(F)(F)F)c1)CC2. The molecule has 2 amide bonds. The van der Waals surface area contributed by atoms with Gasteiger partial charge in [-0.1, -0.05) is 48.5 Å². The minimum atomic E-state index is -5.06. The number of amides is 2. The predicted octanol–water partition coefficient (Wildman–Crippen LogP) is 6.21. The van der Waals surface area contributed by atoms with Crippen molar-refractivity contribution >= 4 is 17.5 Å². The second kappa shape index (κ2) is 10.4. The summed E-state index contributed by atoms with van der Waals surface area (Å²) in [6, 6.07) is 18.1. The summed E-state index contributed by atoms with van der Waals surface area (Å²) in [6.45, 7) is 1.88. The smallest absolute Gasteiger partial charge is 0.338 e. The number of hydrogen-bond donors (Lipinski definition) is 1. The molecule has 2 heterocycles. The van der Waals surface area contributed by atoms with Crippen LogP contribution >= 0.6 is 0 Å². The van der Waals surface area contributed by atoms with E-state index in [1.165, 1.54) is 4.90 Å². The van der Waals surface area contributed by atoms with E-state index in [2.05, 4.69) is 5.32 Å². The summed E-state index contributed by atoms with van der Waals surface area (Å²) in [7, 11) is 0. The van der Waals surface area contributed by atoms with Crippen LogP contribution in [-0.4, -0.2) is 41.5 Å². The summed E-state index contributed by atoms with van der Waals surface area (Å²) in [4.78, 5) is 30.1. The number of likely N-dealkylation sites (tertiary alicyclic amines) is 1. The molecule has 1 spiro atoms. The summed E-state index contributed by atoms with van der Waals surface area (Å²) in [5.74, 6) is -1.18. The van der Waals surface area contributed by atoms with Gasteiger partial charge in [-0.2, -0.15) is 26.3 Å². The summed E-state index contributed by atoms with van der Waals surface area (Å²) >= 11 is 0. The van der Waals surface area contributed by atoms with Crippen LogP contribution in [0.4, 0.5) is 32.0 Å². The number of nitrogens with one attached hydrogen (secondary N) is 1. The van der Waals surface area contributed by atoms with E-state index >= 15 is 0 Å². The first-order valence-electron chi connectivity index (χ1n) is 13.1. The molecule has 0 saturated carbocycles. The molecule has 1 N–H and O–H groups in total. The molecule has 0 aromatic heterocycles. The first kappa shape index (κ1) is 28.5. The Hall–Kier alpha value is -4.02. The van der Waals surface area contributed by atoms with Crippen molar-refractivity contribution in [1.82, 2.24) is 10.2 Å². The number of aryl methyl sites for hydroxylation is 1. The van der Waals surface area contributed by atoms with Crippen molar-refractivity contribution in [3.8, 4) is 0 Å². The van der Waals surface area contributed by atoms with Crippen molar-refractivity contribution in [1.29, 1.82) is 0 Å². The number of piperidine rings is 1. The average Bonchev–Trinajstić information content (AvgIpc) is 3.18. The second-order valence-corrected chi connectivity index (χ2v) is 10.5. The predicted molar refractivity (Wildman–Crippen MR) is 140 cm³/mol. The van der Waals surface area contributed by atoms with Crippen LogP contribution in [-0.2, 0) is 23.6 Å². The lowest BCUT2D eigenvalue weighted by Gasteiger charge is -2.45. The van der Waals surface area contributed by atoms with Gasteiger partial charge in [-0.3, -0.25) is 9.59 Å². The Morgan fingerprint density at radius 3 is 2.00 bits per heavy atom. The third-order valence-corrected chi connectivity index (χ3v) is 7.85. The molecule has 216 valence electrons. The van der Waals surface area contributed by atoms with Crippen LogP contribution in [0, 0.1) is 6.92 Å². The molecule has 3 aromatic carbocycles. The van der Waals surface area contributed by atoms with Crippen LogP contribution in [0.3, 0.4) is 0 Å². The molecule has 11 heteroatoms. The Morgan fingerprint density at radius 1 is 0.878 bits per heavy atom. The Kier molecular flexibility index (Phi) is 7.25. The molecular weight excluding hydrogens is 548 g/mol. The molecule has 0 aliphatic carbocycles. The Balaban J connectivity index is 1.44. The fraction of sp³-hybridized carbons (Fsp3) is 0.333. The lowest BCUT2D eigenvalue weighted by molar-refractivity contribution is -0.143. The minimum Gasteiger partial charge on any atom is -0.338 e. The molecule has 5 nitrogen and oxygen atoms in total. The van der Waals surface area contributed by atoms with Gasteiger partial charge in [-0.25, -0.2) is 0 Å². The van der Waals surface area contributed by atoms with Gasteiger partial charge >= 0.3 is 12.4 Å². The highest BCUT2D eigenvalue weighted by atomic mass is 19.4. The molecule has 2 fully saturated rings. The molecule has 41 heavy (non-hydrogen) atoms. The zero-order chi connectivity index (χ0) is 29.6. The van der Waals surface area contributed by atoms with Gasteiger partial charge in [0.1, 0.15) is 11.7 Å². The van der Waals surface area contributed by atoms with Crippen LogP contribution in [0.25, 0.3) is 0 Å². The maximum atomic E-state index is 13.6. The van der Waals surface area contributed by atoms with Crippen LogP contribution in [0.2, 0.25) is 0 Å². The molecule has 0 bridgehead atoms. The van der Waals surface area contributed by atoms with Crippen molar-refractivity contribution in [2.75, 3.05) is 18.0 Å². The normalized spacial score (nSPS) is 19.0. The van der Waals surface area contributed by atoms with E-state index in [1.54, 1.807) is 0 Å². The second-order valence-electron chi connectivity index (χ2n) is 10.5. The van der Waals surface area contributed by atoms with Gasteiger partial charge in [-0.15, -0.1) is 0 Å². The van der Waals surface area contributed by atoms with Crippen molar-refractivity contribution in [2.24, 2.45) is 0 Å². The zero-order valence-corrected chi connectivity index (χ0v) is 22.0. The standard InChI is InChI=1S/C30H27F6N3O2/c1-19-7-5-6-10-24(19)39-25(15-20-8-3-2-4-9-20)37-27(41)28(39)11-13-38(14-12-28)26(40)21-16-22(29(31,32)33)18-23(17-21)30(34,35)36/h2-10,16-18,25H,11-15H2,1H3,(H,37,41). The maximum Gasteiger partial charge on any atom is 0.416 e. The molecular formula is C30H27F6N3O2. The minimum absolute atomic E-state index is 0.00219. The van der Waals surface area contributed by atoms with Crippen molar-refractivity contribution in [3.63, 3.8) is 0 Å². The number of alkyl halides is 6. The number of para-hydroxylation sites is 1. The summed E-state index contributed by atoms with van der Waals surface area (Å²) < 4.78 is 80.2. The van der Waals surface area contributed by atoms with Crippen molar-refractivity contribution in [2.45, 2.75) is 50.2 Å². The van der Waals surface area contributed by atoms with Crippen LogP contribution in [0.5, 0.6) is 0 Å². The molecule has 0 radical (unpaired) electrons. The largest absolute Gasteiger partial charge is 0.416 e. The Morgan fingerprint density at radius 2 is 1.44 bits per heavy atom. The van der Waals surface area contributed by atoms with Crippen LogP contribution in [0.1, 0.15) is 45.5 Å². The van der Waals surface area contributed by atoms with Gasteiger partial charge < -0.3 is 15.1 Å². The lowest BCUT2D eigenvalue weighted by atomic mass is 9.84. The summed E-state index contributed by atoms with van der Waals surface area (Å²) in [5.41, 5.74) is -2.07. The Bertz CT molecular complexity index is 1410. The fourth-order valence-electron chi connectivity index (χ4n) is 5.78. The molecule has 1 atom stereocenters. The third-order valence-electron chi connectivity index (χ3n) is 7.85. The molecule has 2 aliphatic rings. The number of carbonyl (C=O) groups excluding carboxylic acids is 2. The maximum absolute atomic E-state index is 13.6.